The Morgan fingerprint density at radius 1 is 1.07 bits per heavy atom. The van der Waals surface area contributed by atoms with Crippen LogP contribution in [0.15, 0.2) is 35.8 Å². The second kappa shape index (κ2) is 11.4. The molecule has 0 aliphatic carbocycles. The molecule has 0 saturated carbocycles. The van der Waals surface area contributed by atoms with Crippen LogP contribution in [-0.4, -0.2) is 68.1 Å². The molecule has 3 aromatic heterocycles. The molecule has 2 aliphatic rings. The van der Waals surface area contributed by atoms with Crippen LogP contribution >= 0.6 is 11.6 Å². The van der Waals surface area contributed by atoms with E-state index in [2.05, 4.69) is 47.1 Å². The number of aryl methyl sites for hydroxylation is 1. The molecule has 0 bridgehead atoms. The van der Waals surface area contributed by atoms with Gasteiger partial charge in [0, 0.05) is 44.0 Å². The molecule has 3 atom stereocenters. The van der Waals surface area contributed by atoms with E-state index in [9.17, 15) is 9.59 Å². The van der Waals surface area contributed by atoms with Crippen LogP contribution in [0.25, 0.3) is 16.7 Å². The summed E-state index contributed by atoms with van der Waals surface area (Å²) in [5.41, 5.74) is 2.55. The summed E-state index contributed by atoms with van der Waals surface area (Å²) in [6, 6.07) is 3.93. The Kier molecular flexibility index (Phi) is 8.10. The molecule has 2 fully saturated rings. The molecule has 10 heteroatoms. The zero-order valence-corrected chi connectivity index (χ0v) is 25.6. The van der Waals surface area contributed by atoms with Crippen LogP contribution in [-0.2, 0) is 4.79 Å². The summed E-state index contributed by atoms with van der Waals surface area (Å²) in [7, 11) is 0. The van der Waals surface area contributed by atoms with Gasteiger partial charge in [-0.05, 0) is 76.6 Å². The number of hydrogen-bond donors (Lipinski definition) is 0. The quantitative estimate of drug-likeness (QED) is 0.383. The third-order valence-electron chi connectivity index (χ3n) is 8.50. The number of aromatic nitrogens is 4. The van der Waals surface area contributed by atoms with Gasteiger partial charge >= 0.3 is 5.69 Å². The van der Waals surface area contributed by atoms with Crippen molar-refractivity contribution in [1.29, 1.82) is 0 Å². The molecule has 0 N–H and O–H groups in total. The van der Waals surface area contributed by atoms with E-state index in [4.69, 9.17) is 16.6 Å². The highest BCUT2D eigenvalue weighted by Crippen LogP contribution is 2.37. The fourth-order valence-electron chi connectivity index (χ4n) is 6.26. The van der Waals surface area contributed by atoms with Gasteiger partial charge in [-0.3, -0.25) is 9.78 Å². The first kappa shape index (κ1) is 29.0. The summed E-state index contributed by atoms with van der Waals surface area (Å²) in [6.45, 7) is 17.9. The van der Waals surface area contributed by atoms with Crippen LogP contribution < -0.4 is 15.5 Å². The number of carbonyl (C=O) groups is 1. The zero-order valence-electron chi connectivity index (χ0n) is 24.9. The number of fused-ring (bicyclic) bond motifs is 1. The van der Waals surface area contributed by atoms with Crippen molar-refractivity contribution in [2.24, 2.45) is 0 Å². The van der Waals surface area contributed by atoms with E-state index in [0.29, 0.717) is 46.5 Å². The van der Waals surface area contributed by atoms with Gasteiger partial charge in [0.1, 0.15) is 11.6 Å². The van der Waals surface area contributed by atoms with E-state index in [-0.39, 0.29) is 30.0 Å². The third-order valence-corrected chi connectivity index (χ3v) is 8.78. The zero-order chi connectivity index (χ0) is 29.6. The molecular formula is C31H40ClN7O2. The maximum absolute atomic E-state index is 14.1. The van der Waals surface area contributed by atoms with Gasteiger partial charge < -0.3 is 14.7 Å². The highest BCUT2D eigenvalue weighted by molar-refractivity contribution is 6.33. The minimum atomic E-state index is -0.414. The molecular weight excluding hydrogens is 538 g/mol. The summed E-state index contributed by atoms with van der Waals surface area (Å²) in [5, 5.41) is 1.23. The van der Waals surface area contributed by atoms with Crippen molar-refractivity contribution in [1.82, 2.24) is 24.4 Å². The minimum Gasteiger partial charge on any atom is -0.353 e. The Hall–Kier alpha value is -3.46. The summed E-state index contributed by atoms with van der Waals surface area (Å²) < 4.78 is 1.62. The number of nitrogens with zero attached hydrogens (tertiary/aromatic N) is 7. The molecule has 41 heavy (non-hydrogen) atoms. The van der Waals surface area contributed by atoms with Crippen molar-refractivity contribution in [2.75, 3.05) is 29.4 Å². The molecule has 5 heterocycles. The predicted molar refractivity (Wildman–Crippen MR) is 166 cm³/mol. The summed E-state index contributed by atoms with van der Waals surface area (Å²) in [4.78, 5) is 47.3. The molecule has 0 spiro atoms. The van der Waals surface area contributed by atoms with Crippen LogP contribution in [0.4, 0.5) is 11.6 Å². The van der Waals surface area contributed by atoms with E-state index in [0.717, 1.165) is 30.6 Å². The molecule has 1 amide bonds. The molecule has 9 nitrogen and oxygen atoms in total. The lowest BCUT2D eigenvalue weighted by atomic mass is 10.0. The fraction of sp³-hybridized carbons (Fsp3) is 0.516. The second-order valence-corrected chi connectivity index (χ2v) is 12.2. The predicted octanol–water partition coefficient (Wildman–Crippen LogP) is 5.25. The highest BCUT2D eigenvalue weighted by Gasteiger charge is 2.34. The molecule has 0 radical (unpaired) electrons. The number of piperazine rings is 1. The molecule has 3 aromatic rings. The van der Waals surface area contributed by atoms with Crippen molar-refractivity contribution >= 4 is 40.2 Å². The number of pyridine rings is 2. The van der Waals surface area contributed by atoms with Crippen molar-refractivity contribution in [3.8, 4) is 5.69 Å². The first-order valence-electron chi connectivity index (χ1n) is 14.6. The van der Waals surface area contributed by atoms with Crippen molar-refractivity contribution < 1.29 is 4.79 Å². The van der Waals surface area contributed by atoms with E-state index < -0.39 is 5.69 Å². The molecule has 2 saturated heterocycles. The van der Waals surface area contributed by atoms with Gasteiger partial charge in [-0.25, -0.2) is 14.3 Å². The summed E-state index contributed by atoms with van der Waals surface area (Å²) >= 11 is 7.00. The SMILES string of the molecule is C=CC(=O)N1C[C@H](C)N(c2nc(=O)n(-c3c(C)ccnc3C(C)C)c3nc(N4CCCCC4C)c(Cl)cc23)C[C@H]1C. The fourth-order valence-corrected chi connectivity index (χ4v) is 6.52. The average Bonchev–Trinajstić information content (AvgIpc) is 2.94. The Labute approximate surface area is 246 Å². The van der Waals surface area contributed by atoms with Crippen LogP contribution in [0.2, 0.25) is 5.02 Å². The maximum atomic E-state index is 14.1. The standard InChI is InChI=1S/C31H40ClN7O2/c1-8-25(40)37-16-22(7)38(17-21(37)6)28-23-15-24(32)30(36-14-10-9-11-20(36)5)34-29(23)39(31(41)35-28)27-19(4)12-13-33-26(27)18(2)3/h8,12-13,15,18,20-22H,1,9-11,14,16-17H2,2-7H3/t20?,21-,22+/m1/s1. The van der Waals surface area contributed by atoms with Crippen molar-refractivity contribution in [2.45, 2.75) is 84.8 Å². The molecule has 2 aliphatic heterocycles. The van der Waals surface area contributed by atoms with Crippen LogP contribution in [0.3, 0.4) is 0 Å². The number of hydrogen-bond acceptors (Lipinski definition) is 7. The lowest BCUT2D eigenvalue weighted by Gasteiger charge is -2.44. The molecule has 218 valence electrons. The molecule has 0 aromatic carbocycles. The van der Waals surface area contributed by atoms with Crippen LogP contribution in [0, 0.1) is 6.92 Å². The molecule has 1 unspecified atom stereocenters. The van der Waals surface area contributed by atoms with Gasteiger partial charge in [-0.15, -0.1) is 0 Å². The monoisotopic (exact) mass is 577 g/mol. The number of anilines is 2. The van der Waals surface area contributed by atoms with E-state index in [1.54, 1.807) is 10.8 Å². The van der Waals surface area contributed by atoms with Gasteiger partial charge in [0.05, 0.1) is 21.8 Å². The lowest BCUT2D eigenvalue weighted by Crippen LogP contribution is -2.58. The minimum absolute atomic E-state index is 0.0803. The smallest absolute Gasteiger partial charge is 0.353 e. The first-order valence-corrected chi connectivity index (χ1v) is 15.0. The number of carbonyl (C=O) groups excluding carboxylic acids is 1. The number of rotatable bonds is 5. The first-order chi connectivity index (χ1) is 19.5. The van der Waals surface area contributed by atoms with Gasteiger partial charge in [-0.1, -0.05) is 32.0 Å². The van der Waals surface area contributed by atoms with E-state index >= 15 is 0 Å². The Morgan fingerprint density at radius 3 is 2.51 bits per heavy atom. The Morgan fingerprint density at radius 2 is 1.83 bits per heavy atom. The lowest BCUT2D eigenvalue weighted by molar-refractivity contribution is -0.128. The topological polar surface area (TPSA) is 87.5 Å². The Bertz CT molecular complexity index is 1550. The van der Waals surface area contributed by atoms with Gasteiger partial charge in [0.2, 0.25) is 5.91 Å². The largest absolute Gasteiger partial charge is 0.355 e. The summed E-state index contributed by atoms with van der Waals surface area (Å²) in [6.07, 6.45) is 6.43. The normalized spacial score (nSPS) is 21.6. The van der Waals surface area contributed by atoms with E-state index in [1.165, 1.54) is 12.5 Å². The second-order valence-electron chi connectivity index (χ2n) is 11.8. The van der Waals surface area contributed by atoms with E-state index in [1.807, 2.05) is 37.8 Å². The molecule has 5 rings (SSSR count). The van der Waals surface area contributed by atoms with Crippen LogP contribution in [0.1, 0.15) is 71.1 Å². The van der Waals surface area contributed by atoms with Gasteiger partial charge in [0.25, 0.3) is 0 Å². The van der Waals surface area contributed by atoms with Gasteiger partial charge in [0.15, 0.2) is 5.65 Å². The Balaban J connectivity index is 1.78. The maximum Gasteiger partial charge on any atom is 0.355 e. The summed E-state index contributed by atoms with van der Waals surface area (Å²) in [5.74, 6) is 1.20. The van der Waals surface area contributed by atoms with Crippen molar-refractivity contribution in [3.05, 3.63) is 57.7 Å². The van der Waals surface area contributed by atoms with Gasteiger partial charge in [-0.2, -0.15) is 4.98 Å². The number of halogens is 1. The highest BCUT2D eigenvalue weighted by atomic mass is 35.5. The third kappa shape index (κ3) is 5.20. The van der Waals surface area contributed by atoms with Crippen LogP contribution in [0.5, 0.6) is 0 Å². The number of amides is 1. The number of piperidine rings is 1. The average molecular weight is 578 g/mol. The van der Waals surface area contributed by atoms with Crippen molar-refractivity contribution in [3.63, 3.8) is 0 Å².